The van der Waals surface area contributed by atoms with E-state index in [1.165, 1.54) is 0 Å². The number of carbonyl (C=O) groups excluding carboxylic acids is 2. The topological polar surface area (TPSA) is 67.2 Å². The van der Waals surface area contributed by atoms with Gasteiger partial charge in [-0.25, -0.2) is 4.98 Å². The quantitative estimate of drug-likeness (QED) is 0.907. The summed E-state index contributed by atoms with van der Waals surface area (Å²) < 4.78 is 2.13. The molecule has 0 saturated carbocycles. The molecule has 0 aliphatic carbocycles. The lowest BCUT2D eigenvalue weighted by atomic mass is 10.1. The van der Waals surface area contributed by atoms with Gasteiger partial charge in [-0.1, -0.05) is 0 Å². The molecule has 3 heterocycles. The molecular formula is C16H24N4O2. The van der Waals surface area contributed by atoms with Crippen molar-refractivity contribution >= 4 is 11.8 Å². The van der Waals surface area contributed by atoms with E-state index >= 15 is 0 Å². The van der Waals surface area contributed by atoms with Crippen molar-refractivity contribution in [1.82, 2.24) is 19.8 Å². The fraction of sp³-hybridized carbons (Fsp3) is 0.688. The highest BCUT2D eigenvalue weighted by Gasteiger charge is 2.29. The molecule has 120 valence electrons. The number of hydrogen-bond donors (Lipinski definition) is 1. The van der Waals surface area contributed by atoms with Crippen LogP contribution in [0, 0.1) is 6.92 Å². The van der Waals surface area contributed by atoms with Gasteiger partial charge in [0.25, 0.3) is 0 Å². The van der Waals surface area contributed by atoms with E-state index in [0.717, 1.165) is 43.7 Å². The maximum atomic E-state index is 12.4. The van der Waals surface area contributed by atoms with Crippen LogP contribution in [0.25, 0.3) is 0 Å². The van der Waals surface area contributed by atoms with Crippen LogP contribution in [-0.4, -0.2) is 44.9 Å². The standard InChI is InChI=1S/C16H24N4O2/c1-11-9-19-10-13(6-7-14(19)17-11)18-16(22)12(2)20-8-4-3-5-15(20)21/h9,12-13H,3-8,10H2,1-2H3,(H,18,22)/t12-,13-/m1/s1. The Kier molecular flexibility index (Phi) is 4.18. The Morgan fingerprint density at radius 1 is 1.41 bits per heavy atom. The van der Waals surface area contributed by atoms with Crippen molar-refractivity contribution in [2.24, 2.45) is 0 Å². The first-order chi connectivity index (χ1) is 10.5. The Balaban J connectivity index is 1.59. The summed E-state index contributed by atoms with van der Waals surface area (Å²) >= 11 is 0. The summed E-state index contributed by atoms with van der Waals surface area (Å²) in [7, 11) is 0. The van der Waals surface area contributed by atoms with Gasteiger partial charge in [-0.05, 0) is 33.1 Å². The highest BCUT2D eigenvalue weighted by molar-refractivity contribution is 5.87. The molecule has 3 rings (SSSR count). The van der Waals surface area contributed by atoms with Crippen molar-refractivity contribution < 1.29 is 9.59 Å². The van der Waals surface area contributed by atoms with Crippen LogP contribution in [0.4, 0.5) is 0 Å². The first-order valence-electron chi connectivity index (χ1n) is 8.17. The van der Waals surface area contributed by atoms with E-state index in [1.54, 1.807) is 4.90 Å². The molecular weight excluding hydrogens is 280 g/mol. The number of aromatic nitrogens is 2. The predicted octanol–water partition coefficient (Wildman–Crippen LogP) is 1.02. The van der Waals surface area contributed by atoms with Gasteiger partial charge >= 0.3 is 0 Å². The summed E-state index contributed by atoms with van der Waals surface area (Å²) in [6.45, 7) is 5.28. The second-order valence-corrected chi connectivity index (χ2v) is 6.42. The largest absolute Gasteiger partial charge is 0.350 e. The van der Waals surface area contributed by atoms with Gasteiger partial charge in [0.15, 0.2) is 0 Å². The Morgan fingerprint density at radius 2 is 2.23 bits per heavy atom. The first-order valence-corrected chi connectivity index (χ1v) is 8.17. The molecule has 1 aromatic rings. The Labute approximate surface area is 130 Å². The van der Waals surface area contributed by atoms with Gasteiger partial charge in [0.2, 0.25) is 11.8 Å². The molecule has 2 aliphatic heterocycles. The van der Waals surface area contributed by atoms with Gasteiger partial charge < -0.3 is 14.8 Å². The zero-order valence-electron chi connectivity index (χ0n) is 13.3. The van der Waals surface area contributed by atoms with E-state index < -0.39 is 0 Å². The van der Waals surface area contributed by atoms with Crippen molar-refractivity contribution in [2.45, 2.75) is 64.6 Å². The van der Waals surface area contributed by atoms with Gasteiger partial charge in [-0.15, -0.1) is 0 Å². The van der Waals surface area contributed by atoms with Crippen LogP contribution in [-0.2, 0) is 22.6 Å². The third-order valence-electron chi connectivity index (χ3n) is 4.67. The molecule has 1 N–H and O–H groups in total. The number of likely N-dealkylation sites (tertiary alicyclic amines) is 1. The minimum absolute atomic E-state index is 0.0412. The van der Waals surface area contributed by atoms with Crippen LogP contribution in [0.15, 0.2) is 6.20 Å². The van der Waals surface area contributed by atoms with Crippen LogP contribution < -0.4 is 5.32 Å². The molecule has 0 radical (unpaired) electrons. The summed E-state index contributed by atoms with van der Waals surface area (Å²) in [6, 6.07) is -0.255. The second-order valence-electron chi connectivity index (χ2n) is 6.42. The number of nitrogens with zero attached hydrogens (tertiary/aromatic N) is 3. The van der Waals surface area contributed by atoms with Crippen molar-refractivity contribution in [3.63, 3.8) is 0 Å². The molecule has 2 amide bonds. The van der Waals surface area contributed by atoms with Crippen LogP contribution in [0.5, 0.6) is 0 Å². The zero-order chi connectivity index (χ0) is 15.7. The predicted molar refractivity (Wildman–Crippen MR) is 82.2 cm³/mol. The van der Waals surface area contributed by atoms with Gasteiger partial charge in [0.05, 0.1) is 5.69 Å². The summed E-state index contributed by atoms with van der Waals surface area (Å²) in [4.78, 5) is 30.6. The number of fused-ring (bicyclic) bond motifs is 1. The summed E-state index contributed by atoms with van der Waals surface area (Å²) in [5.41, 5.74) is 1.02. The number of piperidine rings is 1. The third-order valence-corrected chi connectivity index (χ3v) is 4.67. The van der Waals surface area contributed by atoms with Gasteiger partial charge in [0, 0.05) is 38.2 Å². The zero-order valence-corrected chi connectivity index (χ0v) is 13.3. The van der Waals surface area contributed by atoms with Gasteiger partial charge in [-0.3, -0.25) is 9.59 Å². The Morgan fingerprint density at radius 3 is 3.00 bits per heavy atom. The highest BCUT2D eigenvalue weighted by atomic mass is 16.2. The number of hydrogen-bond acceptors (Lipinski definition) is 3. The lowest BCUT2D eigenvalue weighted by Crippen LogP contribution is -2.52. The fourth-order valence-corrected chi connectivity index (χ4v) is 3.40. The number of aryl methyl sites for hydroxylation is 2. The number of amides is 2. The molecule has 0 bridgehead atoms. The summed E-state index contributed by atoms with van der Waals surface area (Å²) in [6.07, 6.45) is 6.32. The molecule has 22 heavy (non-hydrogen) atoms. The highest BCUT2D eigenvalue weighted by Crippen LogP contribution is 2.17. The lowest BCUT2D eigenvalue weighted by molar-refractivity contribution is -0.142. The number of rotatable bonds is 3. The SMILES string of the molecule is Cc1cn2c(n1)CC[C@@H](NC(=O)[C@@H](C)N1CCCCC1=O)C2. The van der Waals surface area contributed by atoms with Crippen molar-refractivity contribution in [3.8, 4) is 0 Å². The lowest BCUT2D eigenvalue weighted by Gasteiger charge is -2.33. The summed E-state index contributed by atoms with van der Waals surface area (Å²) in [5.74, 6) is 1.16. The van der Waals surface area contributed by atoms with E-state index in [9.17, 15) is 9.59 Å². The fourth-order valence-electron chi connectivity index (χ4n) is 3.40. The number of nitrogens with one attached hydrogen (secondary N) is 1. The second kappa shape index (κ2) is 6.10. The molecule has 6 heteroatoms. The molecule has 2 aliphatic rings. The van der Waals surface area contributed by atoms with E-state index in [1.807, 2.05) is 20.0 Å². The van der Waals surface area contributed by atoms with Crippen LogP contribution in [0.1, 0.15) is 44.1 Å². The first kappa shape index (κ1) is 15.1. The van der Waals surface area contributed by atoms with E-state index in [2.05, 4.69) is 14.9 Å². The third kappa shape index (κ3) is 3.00. The molecule has 0 spiro atoms. The molecule has 0 unspecified atom stereocenters. The average molecular weight is 304 g/mol. The normalized spacial score (nSPS) is 23.1. The maximum absolute atomic E-state index is 12.4. The van der Waals surface area contributed by atoms with Crippen LogP contribution in [0.2, 0.25) is 0 Å². The number of imidazole rings is 1. The summed E-state index contributed by atoms with van der Waals surface area (Å²) in [5, 5.41) is 3.11. The monoisotopic (exact) mass is 304 g/mol. The van der Waals surface area contributed by atoms with Crippen LogP contribution in [0.3, 0.4) is 0 Å². The minimum Gasteiger partial charge on any atom is -0.350 e. The smallest absolute Gasteiger partial charge is 0.242 e. The Bertz CT molecular complexity index is 581. The van der Waals surface area contributed by atoms with Crippen LogP contribution >= 0.6 is 0 Å². The maximum Gasteiger partial charge on any atom is 0.242 e. The van der Waals surface area contributed by atoms with Gasteiger partial charge in [-0.2, -0.15) is 0 Å². The van der Waals surface area contributed by atoms with E-state index in [-0.39, 0.29) is 23.9 Å². The van der Waals surface area contributed by atoms with Crippen molar-refractivity contribution in [2.75, 3.05) is 6.54 Å². The van der Waals surface area contributed by atoms with E-state index in [4.69, 9.17) is 0 Å². The van der Waals surface area contributed by atoms with Crippen molar-refractivity contribution in [3.05, 3.63) is 17.7 Å². The average Bonchev–Trinajstić information content (AvgIpc) is 2.86. The molecule has 1 aromatic heterocycles. The molecule has 1 fully saturated rings. The molecule has 1 saturated heterocycles. The van der Waals surface area contributed by atoms with Crippen molar-refractivity contribution in [1.29, 1.82) is 0 Å². The molecule has 0 aromatic carbocycles. The Hall–Kier alpha value is -1.85. The molecule has 6 nitrogen and oxygen atoms in total. The molecule has 2 atom stereocenters. The number of carbonyl (C=O) groups is 2. The van der Waals surface area contributed by atoms with E-state index in [0.29, 0.717) is 13.0 Å². The van der Waals surface area contributed by atoms with Gasteiger partial charge in [0.1, 0.15) is 11.9 Å². The minimum atomic E-state index is -0.376.